The van der Waals surface area contributed by atoms with Gasteiger partial charge in [0.15, 0.2) is 15.6 Å². The molecule has 1 heterocycles. The molecule has 8 nitrogen and oxygen atoms in total. The fourth-order valence-electron chi connectivity index (χ4n) is 4.19. The summed E-state index contributed by atoms with van der Waals surface area (Å²) < 4.78 is 44.0. The number of Topliss-reactive ketones (excluding diaryl/α,β-unsaturated/α-hetero) is 1. The van der Waals surface area contributed by atoms with E-state index in [1.165, 1.54) is 23.8 Å². The summed E-state index contributed by atoms with van der Waals surface area (Å²) in [5.41, 5.74) is 1.52. The van der Waals surface area contributed by atoms with Crippen molar-refractivity contribution in [3.63, 3.8) is 0 Å². The lowest BCUT2D eigenvalue weighted by molar-refractivity contribution is -0.124. The van der Waals surface area contributed by atoms with Gasteiger partial charge in [-0.15, -0.1) is 0 Å². The molecule has 0 bridgehead atoms. The van der Waals surface area contributed by atoms with Crippen molar-refractivity contribution in [2.75, 3.05) is 40.2 Å². The number of ketones is 1. The number of hydrogen-bond acceptors (Lipinski definition) is 7. The minimum atomic E-state index is -3.82. The van der Waals surface area contributed by atoms with E-state index in [2.05, 4.69) is 0 Å². The van der Waals surface area contributed by atoms with Crippen LogP contribution in [0.4, 0.5) is 4.39 Å². The number of aromatic nitrogens is 1. The number of aliphatic hydroxyl groups is 1. The monoisotopic (exact) mass is 532 g/mol. The van der Waals surface area contributed by atoms with E-state index >= 15 is 0 Å². The van der Waals surface area contributed by atoms with E-state index < -0.39 is 27.0 Å². The molecule has 0 unspecified atom stereocenters. The summed E-state index contributed by atoms with van der Waals surface area (Å²) in [5.74, 6) is -1.18. The average molecular weight is 533 g/mol. The molecule has 0 amide bonds. The number of likely N-dealkylation sites (N-methyl/N-ethyl adjacent to an activating group) is 1. The lowest BCUT2D eigenvalue weighted by Gasteiger charge is -2.25. The topological polar surface area (TPSA) is 106 Å². The highest BCUT2D eigenvalue weighted by Crippen LogP contribution is 2.27. The van der Waals surface area contributed by atoms with Crippen LogP contribution in [0.2, 0.25) is 0 Å². The third-order valence-electron chi connectivity index (χ3n) is 6.83. The molecule has 200 valence electrons. The van der Waals surface area contributed by atoms with Crippen LogP contribution >= 0.6 is 0 Å². The Bertz CT molecular complexity index is 1450. The Morgan fingerprint density at radius 1 is 1.19 bits per heavy atom. The Labute approximate surface area is 216 Å². The molecule has 0 aliphatic heterocycles. The van der Waals surface area contributed by atoms with Crippen molar-refractivity contribution < 1.29 is 27.4 Å². The zero-order valence-electron chi connectivity index (χ0n) is 21.5. The first-order chi connectivity index (χ1) is 17.4. The molecule has 1 aromatic heterocycles. The Morgan fingerprint density at radius 3 is 2.54 bits per heavy atom. The molecule has 3 rings (SSSR count). The maximum atomic E-state index is 15.0. The molecule has 0 spiro atoms. The van der Waals surface area contributed by atoms with Crippen LogP contribution in [-0.4, -0.2) is 73.7 Å². The SMILES string of the molecule is COCCN(C)Cc1ccc(-c2ccc3c(=O)n(CC[C@](C)(C(=O)CO)S(C)(=O)=O)ccc3c2)c(F)c1. The number of ether oxygens (including phenoxy) is 1. The van der Waals surface area contributed by atoms with Gasteiger partial charge in [0.2, 0.25) is 0 Å². The second kappa shape index (κ2) is 11.6. The van der Waals surface area contributed by atoms with Crippen LogP contribution in [0.15, 0.2) is 53.5 Å². The van der Waals surface area contributed by atoms with Crippen LogP contribution in [-0.2, 0) is 32.5 Å². The van der Waals surface area contributed by atoms with Crippen molar-refractivity contribution in [3.8, 4) is 11.1 Å². The molecule has 0 radical (unpaired) electrons. The first-order valence-corrected chi connectivity index (χ1v) is 13.7. The molecule has 1 N–H and O–H groups in total. The zero-order valence-corrected chi connectivity index (χ0v) is 22.3. The molecule has 10 heteroatoms. The summed E-state index contributed by atoms with van der Waals surface area (Å²) in [6.07, 6.45) is 2.30. The molecule has 0 saturated carbocycles. The molecule has 37 heavy (non-hydrogen) atoms. The second-order valence-corrected chi connectivity index (χ2v) is 11.9. The number of carbonyl (C=O) groups excluding carboxylic acids is 1. The number of aryl methyl sites for hydroxylation is 1. The molecule has 0 aliphatic rings. The van der Waals surface area contributed by atoms with E-state index in [1.54, 1.807) is 37.4 Å². The molecule has 3 aromatic rings. The predicted molar refractivity (Wildman–Crippen MR) is 142 cm³/mol. The lowest BCUT2D eigenvalue weighted by Crippen LogP contribution is -2.46. The van der Waals surface area contributed by atoms with Crippen LogP contribution in [0.3, 0.4) is 0 Å². The summed E-state index contributed by atoms with van der Waals surface area (Å²) in [6.45, 7) is 2.24. The van der Waals surface area contributed by atoms with Crippen LogP contribution in [0, 0.1) is 5.82 Å². The Morgan fingerprint density at radius 2 is 1.92 bits per heavy atom. The minimum absolute atomic E-state index is 0.0270. The summed E-state index contributed by atoms with van der Waals surface area (Å²) in [4.78, 5) is 27.3. The zero-order chi connectivity index (χ0) is 27.4. The predicted octanol–water partition coefficient (Wildman–Crippen LogP) is 2.64. The summed E-state index contributed by atoms with van der Waals surface area (Å²) in [7, 11) is -0.251. The van der Waals surface area contributed by atoms with Crippen molar-refractivity contribution in [3.05, 3.63) is 70.4 Å². The van der Waals surface area contributed by atoms with E-state index in [1.807, 2.05) is 18.0 Å². The highest BCUT2D eigenvalue weighted by atomic mass is 32.2. The van der Waals surface area contributed by atoms with Crippen molar-refractivity contribution in [1.82, 2.24) is 9.47 Å². The average Bonchev–Trinajstić information content (AvgIpc) is 2.85. The molecule has 2 aromatic carbocycles. The summed E-state index contributed by atoms with van der Waals surface area (Å²) >= 11 is 0. The number of rotatable bonds is 12. The Balaban J connectivity index is 1.85. The molecule has 0 aliphatic carbocycles. The molecular weight excluding hydrogens is 499 g/mol. The van der Waals surface area contributed by atoms with E-state index in [4.69, 9.17) is 4.74 Å². The van der Waals surface area contributed by atoms with Crippen LogP contribution in [0.5, 0.6) is 0 Å². The minimum Gasteiger partial charge on any atom is -0.389 e. The largest absolute Gasteiger partial charge is 0.389 e. The maximum Gasteiger partial charge on any atom is 0.258 e. The third-order valence-corrected chi connectivity index (χ3v) is 8.90. The van der Waals surface area contributed by atoms with E-state index in [-0.39, 0.29) is 24.3 Å². The number of pyridine rings is 1. The number of benzene rings is 2. The van der Waals surface area contributed by atoms with Crippen LogP contribution < -0.4 is 5.56 Å². The molecule has 1 atom stereocenters. The number of nitrogens with zero attached hydrogens (tertiary/aromatic N) is 2. The summed E-state index contributed by atoms with van der Waals surface area (Å²) in [5, 5.41) is 10.2. The van der Waals surface area contributed by atoms with Gasteiger partial charge in [-0.3, -0.25) is 14.5 Å². The molecule has 0 saturated heterocycles. The second-order valence-electron chi connectivity index (χ2n) is 9.50. The molecule has 0 fully saturated rings. The van der Waals surface area contributed by atoms with Crippen LogP contribution in [0.1, 0.15) is 18.9 Å². The Kier molecular flexibility index (Phi) is 9.01. The van der Waals surface area contributed by atoms with E-state index in [9.17, 15) is 27.5 Å². The van der Waals surface area contributed by atoms with Gasteiger partial charge in [0, 0.05) is 50.1 Å². The third kappa shape index (κ3) is 6.32. The normalized spacial score (nSPS) is 13.7. The first kappa shape index (κ1) is 28.6. The van der Waals surface area contributed by atoms with Crippen molar-refractivity contribution in [2.24, 2.45) is 0 Å². The van der Waals surface area contributed by atoms with Crippen LogP contribution in [0.25, 0.3) is 21.9 Å². The number of halogens is 1. The number of carbonyl (C=O) groups is 1. The number of methoxy groups -OCH3 is 1. The number of aliphatic hydroxyl groups excluding tert-OH is 1. The van der Waals surface area contributed by atoms with Gasteiger partial charge in [-0.05, 0) is 61.2 Å². The van der Waals surface area contributed by atoms with Gasteiger partial charge in [-0.2, -0.15) is 0 Å². The smallest absolute Gasteiger partial charge is 0.258 e. The highest BCUT2D eigenvalue weighted by Gasteiger charge is 2.42. The number of hydrogen-bond donors (Lipinski definition) is 1. The van der Waals surface area contributed by atoms with Gasteiger partial charge in [0.1, 0.15) is 17.2 Å². The fourth-order valence-corrected chi connectivity index (χ4v) is 5.13. The van der Waals surface area contributed by atoms with Gasteiger partial charge < -0.3 is 14.4 Å². The van der Waals surface area contributed by atoms with E-state index in [0.29, 0.717) is 35.1 Å². The Hall–Kier alpha value is -2.92. The van der Waals surface area contributed by atoms with E-state index in [0.717, 1.165) is 18.4 Å². The lowest BCUT2D eigenvalue weighted by atomic mass is 9.99. The molecular formula is C27H33FN2O6S. The van der Waals surface area contributed by atoms with Gasteiger partial charge in [0.05, 0.1) is 6.61 Å². The number of sulfone groups is 1. The quantitative estimate of drug-likeness (QED) is 0.382. The van der Waals surface area contributed by atoms with Gasteiger partial charge in [-0.25, -0.2) is 12.8 Å². The van der Waals surface area contributed by atoms with Crippen molar-refractivity contribution >= 4 is 26.4 Å². The van der Waals surface area contributed by atoms with Gasteiger partial charge in [-0.1, -0.05) is 18.2 Å². The fraction of sp³-hybridized carbons (Fsp3) is 0.407. The van der Waals surface area contributed by atoms with Gasteiger partial charge >= 0.3 is 0 Å². The standard InChI is InChI=1S/C27H33FN2O6S/c1-27(25(32)18-31,37(4,34)35)10-12-30-11-9-21-16-20(6-8-23(21)26(30)33)22-7-5-19(15-24(22)28)17-29(2)13-14-36-3/h5-9,11,15-16,31H,10,12-14,17-18H2,1-4H3/t27-/m1/s1. The van der Waals surface area contributed by atoms with Crippen molar-refractivity contribution in [2.45, 2.75) is 31.2 Å². The highest BCUT2D eigenvalue weighted by molar-refractivity contribution is 7.92. The first-order valence-electron chi connectivity index (χ1n) is 11.8. The number of fused-ring (bicyclic) bond motifs is 1. The van der Waals surface area contributed by atoms with Crippen molar-refractivity contribution in [1.29, 1.82) is 0 Å². The maximum absolute atomic E-state index is 15.0. The van der Waals surface area contributed by atoms with Gasteiger partial charge in [0.25, 0.3) is 5.56 Å². The summed E-state index contributed by atoms with van der Waals surface area (Å²) in [6, 6.07) is 11.8.